The summed E-state index contributed by atoms with van der Waals surface area (Å²) in [6.07, 6.45) is -0.597. The highest BCUT2D eigenvalue weighted by molar-refractivity contribution is 5.79. The second kappa shape index (κ2) is 8.19. The third-order valence-electron chi connectivity index (χ3n) is 5.23. The lowest BCUT2D eigenvalue weighted by atomic mass is 9.98. The van der Waals surface area contributed by atoms with Gasteiger partial charge in [-0.15, -0.1) is 0 Å². The third kappa shape index (κ3) is 3.99. The highest BCUT2D eigenvalue weighted by Crippen LogP contribution is 2.44. The van der Waals surface area contributed by atoms with Crippen molar-refractivity contribution in [2.45, 2.75) is 18.9 Å². The van der Waals surface area contributed by atoms with Gasteiger partial charge in [0.15, 0.2) is 0 Å². The maximum atomic E-state index is 12.3. The van der Waals surface area contributed by atoms with E-state index in [0.29, 0.717) is 5.56 Å². The maximum Gasteiger partial charge on any atom is 0.407 e. The van der Waals surface area contributed by atoms with E-state index in [9.17, 15) is 9.59 Å². The number of carbonyl (C=O) groups excluding carboxylic acids is 1. The topological polar surface area (TPSA) is 75.6 Å². The molecular formula is C24H21NO4. The Bertz CT molecular complexity index is 1010. The first kappa shape index (κ1) is 18.7. The van der Waals surface area contributed by atoms with Crippen LogP contribution in [0, 0.1) is 0 Å². The summed E-state index contributed by atoms with van der Waals surface area (Å²) < 4.78 is 5.52. The minimum atomic E-state index is -0.904. The molecule has 0 aliphatic heterocycles. The van der Waals surface area contributed by atoms with E-state index in [1.54, 1.807) is 12.1 Å². The molecule has 0 heterocycles. The van der Waals surface area contributed by atoms with Gasteiger partial charge in [-0.25, -0.2) is 4.79 Å². The number of hydrogen-bond acceptors (Lipinski definition) is 3. The second-order valence-corrected chi connectivity index (χ2v) is 7.02. The highest BCUT2D eigenvalue weighted by atomic mass is 16.5. The molecule has 1 aliphatic rings. The number of carbonyl (C=O) groups is 2. The molecule has 3 aromatic carbocycles. The summed E-state index contributed by atoms with van der Waals surface area (Å²) in [5.41, 5.74) is 6.13. The average molecular weight is 387 g/mol. The molecule has 0 radical (unpaired) electrons. The van der Waals surface area contributed by atoms with Crippen LogP contribution in [0.2, 0.25) is 0 Å². The van der Waals surface area contributed by atoms with Crippen molar-refractivity contribution in [3.8, 4) is 11.1 Å². The molecule has 0 saturated carbocycles. The van der Waals surface area contributed by atoms with Crippen molar-refractivity contribution < 1.29 is 19.4 Å². The summed E-state index contributed by atoms with van der Waals surface area (Å²) in [6.45, 7) is 0.469. The zero-order valence-electron chi connectivity index (χ0n) is 15.8. The Labute approximate surface area is 169 Å². The van der Waals surface area contributed by atoms with Crippen LogP contribution in [0.3, 0.4) is 0 Å². The number of hydrogen-bond donors (Lipinski definition) is 2. The Morgan fingerprint density at radius 2 is 1.38 bits per heavy atom. The van der Waals surface area contributed by atoms with Gasteiger partial charge in [-0.05, 0) is 33.4 Å². The molecule has 1 amide bonds. The van der Waals surface area contributed by atoms with Crippen LogP contribution in [0.5, 0.6) is 0 Å². The zero-order valence-corrected chi connectivity index (χ0v) is 15.8. The Morgan fingerprint density at radius 3 is 2.00 bits per heavy atom. The SMILES string of the molecule is O=C(O)Cc1ccccc1CNC(=O)OCC1c2ccccc2-c2ccccc21. The molecule has 2 N–H and O–H groups in total. The minimum Gasteiger partial charge on any atom is -0.481 e. The number of benzene rings is 3. The quantitative estimate of drug-likeness (QED) is 0.659. The monoisotopic (exact) mass is 387 g/mol. The molecular weight excluding hydrogens is 366 g/mol. The molecule has 0 saturated heterocycles. The van der Waals surface area contributed by atoms with Gasteiger partial charge in [0.05, 0.1) is 6.42 Å². The van der Waals surface area contributed by atoms with E-state index in [-0.39, 0.29) is 25.5 Å². The molecule has 29 heavy (non-hydrogen) atoms. The van der Waals surface area contributed by atoms with Crippen molar-refractivity contribution in [2.24, 2.45) is 0 Å². The molecule has 5 nitrogen and oxygen atoms in total. The van der Waals surface area contributed by atoms with Crippen molar-refractivity contribution in [3.63, 3.8) is 0 Å². The van der Waals surface area contributed by atoms with Crippen LogP contribution in [0.1, 0.15) is 28.2 Å². The van der Waals surface area contributed by atoms with Crippen LogP contribution < -0.4 is 5.32 Å². The van der Waals surface area contributed by atoms with Gasteiger partial charge in [0, 0.05) is 12.5 Å². The van der Waals surface area contributed by atoms with E-state index in [1.165, 1.54) is 11.1 Å². The van der Waals surface area contributed by atoms with Gasteiger partial charge in [0.1, 0.15) is 6.61 Å². The highest BCUT2D eigenvalue weighted by Gasteiger charge is 2.28. The molecule has 0 bridgehead atoms. The van der Waals surface area contributed by atoms with E-state index in [1.807, 2.05) is 36.4 Å². The Morgan fingerprint density at radius 1 is 0.828 bits per heavy atom. The molecule has 0 spiro atoms. The number of alkyl carbamates (subject to hydrolysis) is 1. The number of rotatable bonds is 6. The standard InChI is InChI=1S/C24H21NO4/c26-23(27)13-16-7-1-2-8-17(16)14-25-24(28)29-15-22-20-11-5-3-9-18(20)19-10-4-6-12-21(19)22/h1-12,22H,13-15H2,(H,25,28)(H,26,27). The minimum absolute atomic E-state index is 0.00690. The fourth-order valence-corrected chi connectivity index (χ4v) is 3.88. The van der Waals surface area contributed by atoms with Gasteiger partial charge < -0.3 is 15.2 Å². The molecule has 0 atom stereocenters. The van der Waals surface area contributed by atoms with Gasteiger partial charge in [0.2, 0.25) is 0 Å². The summed E-state index contributed by atoms with van der Waals surface area (Å²) >= 11 is 0. The van der Waals surface area contributed by atoms with Crippen molar-refractivity contribution in [1.29, 1.82) is 0 Å². The second-order valence-electron chi connectivity index (χ2n) is 7.02. The number of fused-ring (bicyclic) bond motifs is 3. The fourth-order valence-electron chi connectivity index (χ4n) is 3.88. The average Bonchev–Trinajstić information content (AvgIpc) is 3.05. The normalized spacial score (nSPS) is 12.1. The number of amides is 1. The summed E-state index contributed by atoms with van der Waals surface area (Å²) in [5, 5.41) is 11.8. The lowest BCUT2D eigenvalue weighted by Crippen LogP contribution is -2.26. The molecule has 1 aliphatic carbocycles. The predicted octanol–water partition coefficient (Wildman–Crippen LogP) is 4.35. The molecule has 0 aromatic heterocycles. The summed E-state index contributed by atoms with van der Waals surface area (Å²) in [5.74, 6) is -0.897. The first-order valence-corrected chi connectivity index (χ1v) is 9.51. The van der Waals surface area contributed by atoms with Crippen molar-refractivity contribution in [2.75, 3.05) is 6.61 Å². The lowest BCUT2D eigenvalue weighted by molar-refractivity contribution is -0.136. The Kier molecular flexibility index (Phi) is 5.29. The number of carboxylic acids is 1. The molecule has 4 rings (SSSR count). The number of carboxylic acid groups (broad SMARTS) is 1. The number of aliphatic carboxylic acids is 1. The number of ether oxygens (including phenoxy) is 1. The summed E-state index contributed by atoms with van der Waals surface area (Å²) in [4.78, 5) is 23.3. The molecule has 0 unspecified atom stereocenters. The first-order chi connectivity index (χ1) is 14.1. The van der Waals surface area contributed by atoms with E-state index in [2.05, 4.69) is 29.6 Å². The molecule has 146 valence electrons. The van der Waals surface area contributed by atoms with Crippen LogP contribution >= 0.6 is 0 Å². The van der Waals surface area contributed by atoms with Crippen LogP contribution in [0.25, 0.3) is 11.1 Å². The van der Waals surface area contributed by atoms with Gasteiger partial charge in [0.25, 0.3) is 0 Å². The van der Waals surface area contributed by atoms with Crippen LogP contribution in [-0.2, 0) is 22.5 Å². The lowest BCUT2D eigenvalue weighted by Gasteiger charge is -2.15. The first-order valence-electron chi connectivity index (χ1n) is 9.51. The molecule has 0 fully saturated rings. The Balaban J connectivity index is 1.40. The zero-order chi connectivity index (χ0) is 20.2. The fraction of sp³-hybridized carbons (Fsp3) is 0.167. The molecule has 3 aromatic rings. The van der Waals surface area contributed by atoms with Crippen LogP contribution in [0.4, 0.5) is 4.79 Å². The van der Waals surface area contributed by atoms with Crippen molar-refractivity contribution >= 4 is 12.1 Å². The van der Waals surface area contributed by atoms with Gasteiger partial charge in [-0.3, -0.25) is 4.79 Å². The third-order valence-corrected chi connectivity index (χ3v) is 5.23. The summed E-state index contributed by atoms with van der Waals surface area (Å²) in [7, 11) is 0. The van der Waals surface area contributed by atoms with Crippen molar-refractivity contribution in [3.05, 3.63) is 95.1 Å². The van der Waals surface area contributed by atoms with E-state index < -0.39 is 12.1 Å². The van der Waals surface area contributed by atoms with Crippen LogP contribution in [0.15, 0.2) is 72.8 Å². The van der Waals surface area contributed by atoms with E-state index >= 15 is 0 Å². The summed E-state index contributed by atoms with van der Waals surface area (Å²) in [6, 6.07) is 23.5. The van der Waals surface area contributed by atoms with Gasteiger partial charge >= 0.3 is 12.1 Å². The van der Waals surface area contributed by atoms with Gasteiger partial charge in [-0.1, -0.05) is 72.8 Å². The van der Waals surface area contributed by atoms with E-state index in [0.717, 1.165) is 16.7 Å². The van der Waals surface area contributed by atoms with Crippen molar-refractivity contribution in [1.82, 2.24) is 5.32 Å². The number of nitrogens with one attached hydrogen (secondary N) is 1. The largest absolute Gasteiger partial charge is 0.481 e. The van der Waals surface area contributed by atoms with Gasteiger partial charge in [-0.2, -0.15) is 0 Å². The van der Waals surface area contributed by atoms with Crippen LogP contribution in [-0.4, -0.2) is 23.8 Å². The Hall–Kier alpha value is -3.60. The van der Waals surface area contributed by atoms with E-state index in [4.69, 9.17) is 9.84 Å². The molecule has 5 heteroatoms. The predicted molar refractivity (Wildman–Crippen MR) is 110 cm³/mol. The smallest absolute Gasteiger partial charge is 0.407 e. The maximum absolute atomic E-state index is 12.3.